The zero-order chi connectivity index (χ0) is 17.4. The van der Waals surface area contributed by atoms with Crippen LogP contribution < -0.4 is 3.71 Å². The molecule has 0 saturated carbocycles. The number of aromatic nitrogens is 2. The molecule has 0 atom stereocenters. The van der Waals surface area contributed by atoms with Gasteiger partial charge in [-0.2, -0.15) is 0 Å². The molecule has 0 saturated heterocycles. The number of imidazole rings is 1. The molecular formula is C20H31FN2Sn. The van der Waals surface area contributed by atoms with Crippen molar-refractivity contribution in [3.8, 4) is 0 Å². The molecule has 0 aliphatic heterocycles. The summed E-state index contributed by atoms with van der Waals surface area (Å²) in [5, 5.41) is 0. The van der Waals surface area contributed by atoms with E-state index in [2.05, 4.69) is 20.8 Å². The minimum absolute atomic E-state index is 0.189. The van der Waals surface area contributed by atoms with Gasteiger partial charge in [0.1, 0.15) is 0 Å². The van der Waals surface area contributed by atoms with E-state index < -0.39 is 21.1 Å². The first-order chi connectivity index (χ1) is 11.6. The van der Waals surface area contributed by atoms with E-state index in [0.717, 1.165) is 5.52 Å². The van der Waals surface area contributed by atoms with E-state index in [1.165, 1.54) is 61.5 Å². The van der Waals surface area contributed by atoms with Gasteiger partial charge in [-0.05, 0) is 0 Å². The number of hydrogen-bond acceptors (Lipinski definition) is 1. The second kappa shape index (κ2) is 9.79. The summed E-state index contributed by atoms with van der Waals surface area (Å²) in [5.74, 6) is -0.189. The van der Waals surface area contributed by atoms with E-state index in [0.29, 0.717) is 3.43 Å². The predicted octanol–water partition coefficient (Wildman–Crippen LogP) is 5.53. The molecule has 0 spiro atoms. The van der Waals surface area contributed by atoms with Crippen LogP contribution in [0.4, 0.5) is 4.39 Å². The van der Waals surface area contributed by atoms with Crippen molar-refractivity contribution in [2.45, 2.75) is 82.0 Å². The molecule has 0 aliphatic carbocycles. The number of hydrogen-bond donors (Lipinski definition) is 0. The summed E-state index contributed by atoms with van der Waals surface area (Å²) in [6, 6.07) is 3.49. The summed E-state index contributed by atoms with van der Waals surface area (Å²) >= 11 is -0.855. The Hall–Kier alpha value is -0.581. The molecule has 0 fully saturated rings. The van der Waals surface area contributed by atoms with Gasteiger partial charge in [-0.15, -0.1) is 0 Å². The van der Waals surface area contributed by atoms with E-state index in [-0.39, 0.29) is 5.82 Å². The topological polar surface area (TPSA) is 17.3 Å². The number of unbranched alkanes of at least 4 members (excludes halogenated alkanes) is 3. The minimum atomic E-state index is -0.855. The molecule has 2 rings (SSSR count). The van der Waals surface area contributed by atoms with E-state index in [9.17, 15) is 4.39 Å². The summed E-state index contributed by atoms with van der Waals surface area (Å²) in [7, 11) is 0. The Bertz CT molecular complexity index is 601. The fourth-order valence-corrected chi connectivity index (χ4v) is 8.77. The van der Waals surface area contributed by atoms with Gasteiger partial charge in [-0.1, -0.05) is 0 Å². The summed E-state index contributed by atoms with van der Waals surface area (Å²) in [4.78, 5) is 4.72. The Morgan fingerprint density at radius 3 is 2.12 bits per heavy atom. The first-order valence-electron chi connectivity index (χ1n) is 9.54. The molecule has 132 valence electrons. The summed E-state index contributed by atoms with van der Waals surface area (Å²) < 4.78 is 17.1. The molecule has 24 heavy (non-hydrogen) atoms. The van der Waals surface area contributed by atoms with Crippen LogP contribution in [0.25, 0.3) is 5.52 Å². The average molecular weight is 437 g/mol. The van der Waals surface area contributed by atoms with Crippen LogP contribution in [0.3, 0.4) is 0 Å². The average Bonchev–Trinajstić information content (AvgIpc) is 2.97. The third-order valence-corrected chi connectivity index (χ3v) is 10.3. The standard InChI is InChI=1S/C13H27.C7H4FN2.Sn/c1-4-7-10-13(11-8-5-2)12-9-6-3;8-6-1-2-7-3-9-5-10(7)4-6;/h4-12H2,1-3H3;1-2,4-5H;. The van der Waals surface area contributed by atoms with Gasteiger partial charge in [0.15, 0.2) is 0 Å². The molecule has 0 bridgehead atoms. The predicted molar refractivity (Wildman–Crippen MR) is 102 cm³/mol. The quantitative estimate of drug-likeness (QED) is 0.423. The zero-order valence-electron chi connectivity index (χ0n) is 15.4. The second-order valence-electron chi connectivity index (χ2n) is 6.95. The Morgan fingerprint density at radius 1 is 1.00 bits per heavy atom. The zero-order valence-corrected chi connectivity index (χ0v) is 18.3. The molecule has 2 aromatic heterocycles. The van der Waals surface area contributed by atoms with Crippen molar-refractivity contribution in [3.63, 3.8) is 0 Å². The summed E-state index contributed by atoms with van der Waals surface area (Å²) in [6.07, 6.45) is 15.2. The van der Waals surface area contributed by atoms with Gasteiger partial charge >= 0.3 is 157 Å². The van der Waals surface area contributed by atoms with Crippen molar-refractivity contribution in [3.05, 3.63) is 30.5 Å². The number of fused-ring (bicyclic) bond motifs is 1. The molecule has 2 aromatic rings. The Kier molecular flexibility index (Phi) is 8.05. The fourth-order valence-electron chi connectivity index (χ4n) is 3.43. The number of halogens is 1. The molecule has 4 heteroatoms. The van der Waals surface area contributed by atoms with E-state index in [1.54, 1.807) is 18.6 Å². The second-order valence-corrected chi connectivity index (χ2v) is 12.0. The number of rotatable bonds is 11. The molecule has 0 unspecified atom stereocenters. The maximum atomic E-state index is 13.4. The van der Waals surface area contributed by atoms with Crippen LogP contribution in [0.2, 0.25) is 3.43 Å². The first kappa shape index (κ1) is 19.7. The Balaban J connectivity index is 2.28. The van der Waals surface area contributed by atoms with E-state index >= 15 is 0 Å². The molecule has 0 aromatic carbocycles. The van der Waals surface area contributed by atoms with Crippen LogP contribution in [-0.2, 0) is 0 Å². The van der Waals surface area contributed by atoms with Crippen molar-refractivity contribution in [1.82, 2.24) is 9.38 Å². The van der Waals surface area contributed by atoms with Crippen molar-refractivity contribution in [2.75, 3.05) is 0 Å². The third-order valence-electron chi connectivity index (χ3n) is 4.91. The van der Waals surface area contributed by atoms with E-state index in [1.807, 2.05) is 10.5 Å². The third kappa shape index (κ3) is 5.21. The molecule has 2 radical (unpaired) electrons. The van der Waals surface area contributed by atoms with Gasteiger partial charge < -0.3 is 0 Å². The van der Waals surface area contributed by atoms with Crippen LogP contribution >= 0.6 is 0 Å². The van der Waals surface area contributed by atoms with Gasteiger partial charge in [0.25, 0.3) is 0 Å². The molecule has 0 amide bonds. The maximum absolute atomic E-state index is 13.4. The van der Waals surface area contributed by atoms with Gasteiger partial charge in [0.05, 0.1) is 0 Å². The van der Waals surface area contributed by atoms with Crippen LogP contribution in [0.5, 0.6) is 0 Å². The normalized spacial score (nSPS) is 12.2. The summed E-state index contributed by atoms with van der Waals surface area (Å²) in [5.41, 5.74) is 1.14. The van der Waals surface area contributed by atoms with Crippen LogP contribution in [0.1, 0.15) is 78.6 Å². The van der Waals surface area contributed by atoms with Crippen molar-refractivity contribution in [1.29, 1.82) is 0 Å². The molecule has 2 nitrogen and oxygen atoms in total. The molecule has 0 N–H and O–H groups in total. The van der Waals surface area contributed by atoms with Crippen molar-refractivity contribution < 1.29 is 4.39 Å². The molecular weight excluding hydrogens is 406 g/mol. The first-order valence-corrected chi connectivity index (χ1v) is 12.4. The van der Waals surface area contributed by atoms with Gasteiger partial charge in [-0.25, -0.2) is 0 Å². The van der Waals surface area contributed by atoms with Gasteiger partial charge in [-0.3, -0.25) is 0 Å². The van der Waals surface area contributed by atoms with Crippen molar-refractivity contribution in [2.24, 2.45) is 0 Å². The van der Waals surface area contributed by atoms with Crippen LogP contribution in [-0.4, -0.2) is 30.5 Å². The number of nitrogens with zero attached hydrogens (tertiary/aromatic N) is 2. The fraction of sp³-hybridized carbons (Fsp3) is 0.650. The van der Waals surface area contributed by atoms with Crippen molar-refractivity contribution >= 4 is 30.4 Å². The summed E-state index contributed by atoms with van der Waals surface area (Å²) in [6.45, 7) is 6.89. The Morgan fingerprint density at radius 2 is 1.58 bits per heavy atom. The van der Waals surface area contributed by atoms with Crippen LogP contribution in [0, 0.1) is 5.82 Å². The van der Waals surface area contributed by atoms with Gasteiger partial charge in [0, 0.05) is 0 Å². The SMILES string of the molecule is CCCC[C](CCCC)(CCCC)[Sn][c]1ncn2cc(F)ccc12. The molecule has 0 aliphatic rings. The molecule has 2 heterocycles. The van der Waals surface area contributed by atoms with Gasteiger partial charge in [0.2, 0.25) is 0 Å². The Labute approximate surface area is 156 Å². The van der Waals surface area contributed by atoms with Crippen LogP contribution in [0.15, 0.2) is 24.7 Å². The monoisotopic (exact) mass is 438 g/mol. The number of pyridine rings is 1. The van der Waals surface area contributed by atoms with E-state index in [4.69, 9.17) is 4.98 Å².